The number of benzene rings is 4. The standard InChI is InChI=1S/C45H51ClN2O6S2/c1-44(2)39(47(27-9-10-29-55(49,50)51)37-23-19-31-13-5-7-17-35(31)41(37)44)25-21-33-15-11-16-34(43(33)46)22-26-40-45(3,4)42-36-18-8-6-14-32(36)20-24-38(42)48(40)28-12-30-56(52,53)54/h5-8,13-14,17-26,39H,9-12,15-16,27-30H2,1-4H3,(H,49,50,51)(H,52,53,54)/b25-21+,34-22+,40-26+. The maximum absolute atomic E-state index is 11.7. The van der Waals surface area contributed by atoms with Crippen molar-refractivity contribution in [3.05, 3.63) is 130 Å². The molecular formula is C45H51ClN2O6S2. The van der Waals surface area contributed by atoms with Crippen LogP contribution in [0.5, 0.6) is 0 Å². The lowest BCUT2D eigenvalue weighted by atomic mass is 9.78. The van der Waals surface area contributed by atoms with Gasteiger partial charge in [-0.15, -0.1) is 0 Å². The van der Waals surface area contributed by atoms with Gasteiger partial charge in [-0.2, -0.15) is 16.8 Å². The average Bonchev–Trinajstić information content (AvgIpc) is 3.49. The Kier molecular flexibility index (Phi) is 11.1. The van der Waals surface area contributed by atoms with Crippen molar-refractivity contribution < 1.29 is 25.9 Å². The Hall–Kier alpha value is -3.93. The number of allylic oxidation sites excluding steroid dienone is 7. The molecule has 1 unspecified atom stereocenters. The van der Waals surface area contributed by atoms with Gasteiger partial charge in [-0.1, -0.05) is 118 Å². The Morgan fingerprint density at radius 1 is 0.732 bits per heavy atom. The first-order valence-electron chi connectivity index (χ1n) is 19.4. The highest BCUT2D eigenvalue weighted by atomic mass is 35.5. The van der Waals surface area contributed by atoms with Gasteiger partial charge in [-0.25, -0.2) is 0 Å². The molecule has 2 heterocycles. The second-order valence-corrected chi connectivity index (χ2v) is 19.9. The third-order valence-electron chi connectivity index (χ3n) is 11.9. The molecule has 296 valence electrons. The monoisotopic (exact) mass is 814 g/mol. The van der Waals surface area contributed by atoms with Crippen LogP contribution in [0.15, 0.2) is 119 Å². The number of halogens is 1. The van der Waals surface area contributed by atoms with E-state index in [1.54, 1.807) is 0 Å². The molecule has 56 heavy (non-hydrogen) atoms. The molecule has 3 aliphatic rings. The van der Waals surface area contributed by atoms with Crippen LogP contribution in [-0.4, -0.2) is 56.6 Å². The fourth-order valence-corrected chi connectivity index (χ4v) is 10.7. The van der Waals surface area contributed by atoms with E-state index in [-0.39, 0.29) is 29.4 Å². The van der Waals surface area contributed by atoms with Gasteiger partial charge in [0, 0.05) is 46.0 Å². The van der Waals surface area contributed by atoms with E-state index in [0.29, 0.717) is 25.9 Å². The van der Waals surface area contributed by atoms with Crippen LogP contribution in [0.1, 0.15) is 77.3 Å². The van der Waals surface area contributed by atoms with Crippen LogP contribution < -0.4 is 9.80 Å². The summed E-state index contributed by atoms with van der Waals surface area (Å²) in [6, 6.07) is 25.3. The van der Waals surface area contributed by atoms with Gasteiger partial charge in [-0.3, -0.25) is 9.11 Å². The predicted molar refractivity (Wildman–Crippen MR) is 231 cm³/mol. The molecule has 8 nitrogen and oxygen atoms in total. The summed E-state index contributed by atoms with van der Waals surface area (Å²) in [6.07, 6.45) is 12.6. The Morgan fingerprint density at radius 3 is 2.00 bits per heavy atom. The van der Waals surface area contributed by atoms with Crippen molar-refractivity contribution in [3.63, 3.8) is 0 Å². The van der Waals surface area contributed by atoms with Crippen molar-refractivity contribution in [1.82, 2.24) is 0 Å². The minimum Gasteiger partial charge on any atom is -0.364 e. The van der Waals surface area contributed by atoms with Gasteiger partial charge in [0.05, 0.1) is 17.5 Å². The number of nitrogens with zero attached hydrogens (tertiary/aromatic N) is 2. The summed E-state index contributed by atoms with van der Waals surface area (Å²) in [5.41, 5.74) is 7.13. The second kappa shape index (κ2) is 15.4. The van der Waals surface area contributed by atoms with E-state index >= 15 is 0 Å². The van der Waals surface area contributed by atoms with Crippen molar-refractivity contribution in [2.24, 2.45) is 0 Å². The maximum atomic E-state index is 11.7. The molecule has 1 atom stereocenters. The molecule has 0 spiro atoms. The minimum atomic E-state index is -4.10. The lowest BCUT2D eigenvalue weighted by Gasteiger charge is -2.33. The van der Waals surface area contributed by atoms with Crippen LogP contribution in [-0.2, 0) is 31.1 Å². The van der Waals surface area contributed by atoms with Crippen molar-refractivity contribution in [1.29, 1.82) is 0 Å². The van der Waals surface area contributed by atoms with Crippen LogP contribution in [0.3, 0.4) is 0 Å². The highest BCUT2D eigenvalue weighted by Gasteiger charge is 2.44. The normalized spacial score (nSPS) is 20.9. The van der Waals surface area contributed by atoms with Crippen molar-refractivity contribution >= 4 is 64.8 Å². The lowest BCUT2D eigenvalue weighted by Crippen LogP contribution is -2.40. The van der Waals surface area contributed by atoms with E-state index in [1.807, 2.05) is 12.1 Å². The fourth-order valence-electron chi connectivity index (χ4n) is 9.31. The summed E-state index contributed by atoms with van der Waals surface area (Å²) in [5.74, 6) is -0.572. The number of rotatable bonds is 12. The van der Waals surface area contributed by atoms with Gasteiger partial charge in [0.1, 0.15) is 0 Å². The summed E-state index contributed by atoms with van der Waals surface area (Å²) in [4.78, 5) is 4.57. The summed E-state index contributed by atoms with van der Waals surface area (Å²) in [7, 11) is -8.13. The first kappa shape index (κ1) is 40.3. The molecular weight excluding hydrogens is 764 g/mol. The quantitative estimate of drug-likeness (QED) is 0.107. The van der Waals surface area contributed by atoms with Crippen molar-refractivity contribution in [2.45, 2.75) is 83.1 Å². The highest BCUT2D eigenvalue weighted by Crippen LogP contribution is 2.52. The van der Waals surface area contributed by atoms with E-state index in [0.717, 1.165) is 63.3 Å². The molecule has 0 amide bonds. The van der Waals surface area contributed by atoms with Crippen LogP contribution in [0, 0.1) is 0 Å². The molecule has 0 aromatic heterocycles. The van der Waals surface area contributed by atoms with Crippen LogP contribution in [0.2, 0.25) is 0 Å². The van der Waals surface area contributed by atoms with Gasteiger partial charge in [0.15, 0.2) is 0 Å². The highest BCUT2D eigenvalue weighted by molar-refractivity contribution is 7.86. The van der Waals surface area contributed by atoms with Gasteiger partial charge >= 0.3 is 0 Å². The zero-order chi connectivity index (χ0) is 40.0. The third-order valence-corrected chi connectivity index (χ3v) is 14.0. The first-order chi connectivity index (χ1) is 26.5. The van der Waals surface area contributed by atoms with Crippen molar-refractivity contribution in [2.75, 3.05) is 34.4 Å². The van der Waals surface area contributed by atoms with Gasteiger partial charge < -0.3 is 9.80 Å². The topological polar surface area (TPSA) is 115 Å². The SMILES string of the molecule is CC1(C)/C(=C\C=C2/CCCC(/C=C/C3N(CCCCS(=O)(=O)O)c4ccc5ccccc5c4C3(C)C)=C2Cl)N(CCCS(=O)(=O)O)c2ccc3ccccc3c21. The zero-order valence-corrected chi connectivity index (χ0v) is 34.9. The van der Waals surface area contributed by atoms with E-state index in [9.17, 15) is 25.9 Å². The Bertz CT molecular complexity index is 2540. The largest absolute Gasteiger partial charge is 0.364 e. The van der Waals surface area contributed by atoms with Gasteiger partial charge in [0.2, 0.25) is 0 Å². The zero-order valence-electron chi connectivity index (χ0n) is 32.5. The second-order valence-electron chi connectivity index (χ2n) is 16.4. The van der Waals surface area contributed by atoms with Crippen molar-refractivity contribution in [3.8, 4) is 0 Å². The Balaban J connectivity index is 1.22. The summed E-state index contributed by atoms with van der Waals surface area (Å²) in [5, 5.41) is 5.42. The number of unbranched alkanes of at least 4 members (excludes halogenated alkanes) is 1. The molecule has 2 aliphatic heterocycles. The van der Waals surface area contributed by atoms with Gasteiger partial charge in [-0.05, 0) is 101 Å². The maximum Gasteiger partial charge on any atom is 0.264 e. The van der Waals surface area contributed by atoms with Crippen LogP contribution in [0.25, 0.3) is 21.5 Å². The number of hydrogen-bond donors (Lipinski definition) is 2. The lowest BCUT2D eigenvalue weighted by molar-refractivity contribution is 0.468. The molecule has 7 rings (SSSR count). The molecule has 11 heteroatoms. The van der Waals surface area contributed by atoms with Crippen LogP contribution >= 0.6 is 11.6 Å². The number of anilines is 2. The summed E-state index contributed by atoms with van der Waals surface area (Å²) >= 11 is 7.28. The van der Waals surface area contributed by atoms with E-state index in [2.05, 4.69) is 122 Å². The Labute approximate surface area is 336 Å². The smallest absolute Gasteiger partial charge is 0.264 e. The molecule has 0 fully saturated rings. The minimum absolute atomic E-state index is 0.0219. The molecule has 0 bridgehead atoms. The molecule has 0 radical (unpaired) electrons. The first-order valence-corrected chi connectivity index (χ1v) is 23.0. The molecule has 4 aromatic rings. The van der Waals surface area contributed by atoms with Gasteiger partial charge in [0.25, 0.3) is 20.2 Å². The molecule has 4 aromatic carbocycles. The van der Waals surface area contributed by atoms with E-state index in [4.69, 9.17) is 11.6 Å². The number of hydrogen-bond acceptors (Lipinski definition) is 6. The summed E-state index contributed by atoms with van der Waals surface area (Å²) < 4.78 is 65.2. The molecule has 0 saturated heterocycles. The molecule has 2 N–H and O–H groups in total. The van der Waals surface area contributed by atoms with E-state index in [1.165, 1.54) is 21.9 Å². The predicted octanol–water partition coefficient (Wildman–Crippen LogP) is 10.2. The molecule has 0 saturated carbocycles. The fraction of sp³-hybridized carbons (Fsp3) is 0.378. The third kappa shape index (κ3) is 7.96. The van der Waals surface area contributed by atoms with E-state index < -0.39 is 25.7 Å². The van der Waals surface area contributed by atoms with Crippen LogP contribution in [0.4, 0.5) is 11.4 Å². The Morgan fingerprint density at radius 2 is 1.34 bits per heavy atom. The number of fused-ring (bicyclic) bond motifs is 6. The molecule has 1 aliphatic carbocycles. The average molecular weight is 815 g/mol. The summed E-state index contributed by atoms with van der Waals surface area (Å²) in [6.45, 7) is 10.0.